The lowest BCUT2D eigenvalue weighted by atomic mass is 10.3. The molecule has 0 aromatic heterocycles. The van der Waals surface area contributed by atoms with Crippen LogP contribution in [0.25, 0.3) is 0 Å². The molecule has 4 aromatic carbocycles. The van der Waals surface area contributed by atoms with Crippen molar-refractivity contribution < 1.29 is 0 Å². The van der Waals surface area contributed by atoms with Gasteiger partial charge in [-0.2, -0.15) is 0 Å². The highest BCUT2D eigenvalue weighted by atomic mass is 79.9. The highest BCUT2D eigenvalue weighted by Gasteiger charge is 1.92. The summed E-state index contributed by atoms with van der Waals surface area (Å²) in [5, 5.41) is 6.61. The summed E-state index contributed by atoms with van der Waals surface area (Å²) in [6.45, 7) is 0. The van der Waals surface area contributed by atoms with Gasteiger partial charge in [0.2, 0.25) is 0 Å². The molecule has 0 aliphatic heterocycles. The van der Waals surface area contributed by atoms with E-state index in [0.717, 1.165) is 27.2 Å². The summed E-state index contributed by atoms with van der Waals surface area (Å²) in [6, 6.07) is 38.5. The quantitative estimate of drug-likeness (QED) is 0.357. The predicted molar refractivity (Wildman–Crippen MR) is 120 cm³/mol. The Morgan fingerprint density at radius 1 is 0.370 bits per heavy atom. The normalized spacial score (nSPS) is 9.67. The Morgan fingerprint density at radius 2 is 0.667 bits per heavy atom. The summed E-state index contributed by atoms with van der Waals surface area (Å²) < 4.78 is 1.09. The van der Waals surface area contributed by atoms with Crippen molar-refractivity contribution in [1.82, 2.24) is 0 Å². The minimum atomic E-state index is 1.09. The SMILES string of the molecule is Brc1ccc(Nc2ccccc2)cc1.c1ccc(Nc2ccccc2)cc1. The molecule has 27 heavy (non-hydrogen) atoms. The predicted octanol–water partition coefficient (Wildman–Crippen LogP) is 7.62. The third-order valence-electron chi connectivity index (χ3n) is 3.74. The number of hydrogen-bond acceptors (Lipinski definition) is 2. The number of para-hydroxylation sites is 3. The summed E-state index contributed by atoms with van der Waals surface area (Å²) in [4.78, 5) is 0. The van der Waals surface area contributed by atoms with Crippen LogP contribution in [-0.2, 0) is 0 Å². The largest absolute Gasteiger partial charge is 0.356 e. The van der Waals surface area contributed by atoms with Gasteiger partial charge in [0.15, 0.2) is 0 Å². The van der Waals surface area contributed by atoms with Crippen LogP contribution in [0.1, 0.15) is 0 Å². The second-order valence-corrected chi connectivity index (χ2v) is 6.77. The molecule has 0 heterocycles. The van der Waals surface area contributed by atoms with Crippen LogP contribution in [0.2, 0.25) is 0 Å². The fourth-order valence-corrected chi connectivity index (χ4v) is 2.70. The smallest absolute Gasteiger partial charge is 0.0384 e. The van der Waals surface area contributed by atoms with Crippen LogP contribution in [0.3, 0.4) is 0 Å². The van der Waals surface area contributed by atoms with E-state index in [1.807, 2.05) is 115 Å². The van der Waals surface area contributed by atoms with Crippen molar-refractivity contribution in [2.45, 2.75) is 0 Å². The van der Waals surface area contributed by atoms with Crippen LogP contribution >= 0.6 is 15.9 Å². The minimum absolute atomic E-state index is 1.09. The van der Waals surface area contributed by atoms with Crippen LogP contribution in [0.15, 0.2) is 120 Å². The molecule has 2 nitrogen and oxygen atoms in total. The molecule has 134 valence electrons. The van der Waals surface area contributed by atoms with E-state index in [-0.39, 0.29) is 0 Å². The van der Waals surface area contributed by atoms with Gasteiger partial charge in [0.05, 0.1) is 0 Å². The molecular formula is C24H21BrN2. The third kappa shape index (κ3) is 6.65. The Balaban J connectivity index is 0.000000156. The van der Waals surface area contributed by atoms with Crippen molar-refractivity contribution in [3.8, 4) is 0 Å². The van der Waals surface area contributed by atoms with Crippen LogP contribution in [0, 0.1) is 0 Å². The van der Waals surface area contributed by atoms with Gasteiger partial charge >= 0.3 is 0 Å². The number of halogens is 1. The lowest BCUT2D eigenvalue weighted by Gasteiger charge is -2.05. The Hall–Kier alpha value is -3.04. The number of rotatable bonds is 4. The van der Waals surface area contributed by atoms with Crippen LogP contribution in [-0.4, -0.2) is 0 Å². The molecule has 0 saturated heterocycles. The Bertz CT molecular complexity index is 871. The van der Waals surface area contributed by atoms with Crippen LogP contribution < -0.4 is 10.6 Å². The number of benzene rings is 4. The molecule has 0 amide bonds. The second kappa shape index (κ2) is 10.2. The summed E-state index contributed by atoms with van der Waals surface area (Å²) >= 11 is 3.40. The molecule has 0 aliphatic rings. The second-order valence-electron chi connectivity index (χ2n) is 5.85. The van der Waals surface area contributed by atoms with E-state index in [2.05, 4.69) is 26.6 Å². The number of hydrogen-bond donors (Lipinski definition) is 2. The molecule has 0 spiro atoms. The van der Waals surface area contributed by atoms with Crippen molar-refractivity contribution in [2.24, 2.45) is 0 Å². The number of anilines is 4. The molecule has 0 atom stereocenters. The first-order valence-electron chi connectivity index (χ1n) is 8.74. The molecule has 4 aromatic rings. The van der Waals surface area contributed by atoms with Gasteiger partial charge in [0.25, 0.3) is 0 Å². The van der Waals surface area contributed by atoms with E-state index in [1.54, 1.807) is 0 Å². The van der Waals surface area contributed by atoms with Crippen molar-refractivity contribution in [3.05, 3.63) is 120 Å². The summed E-state index contributed by atoms with van der Waals surface area (Å²) in [5.41, 5.74) is 4.44. The molecule has 0 radical (unpaired) electrons. The Kier molecular flexibility index (Phi) is 7.07. The van der Waals surface area contributed by atoms with E-state index >= 15 is 0 Å². The molecule has 4 rings (SSSR count). The van der Waals surface area contributed by atoms with Crippen molar-refractivity contribution in [3.63, 3.8) is 0 Å². The van der Waals surface area contributed by atoms with Gasteiger partial charge in [0.1, 0.15) is 0 Å². The zero-order valence-electron chi connectivity index (χ0n) is 14.8. The van der Waals surface area contributed by atoms with Gasteiger partial charge < -0.3 is 10.6 Å². The molecule has 2 N–H and O–H groups in total. The third-order valence-corrected chi connectivity index (χ3v) is 4.27. The first kappa shape index (κ1) is 18.7. The first-order valence-corrected chi connectivity index (χ1v) is 9.54. The van der Waals surface area contributed by atoms with E-state index in [0.29, 0.717) is 0 Å². The highest BCUT2D eigenvalue weighted by Crippen LogP contribution is 2.18. The standard InChI is InChI=1S/C12H10BrN.C12H11N/c13-10-6-8-12(9-7-10)14-11-4-2-1-3-5-11;1-3-7-11(8-4-1)13-12-9-5-2-6-10-12/h1-9,14H;1-10,13H. The van der Waals surface area contributed by atoms with Crippen molar-refractivity contribution in [1.29, 1.82) is 0 Å². The maximum absolute atomic E-state index is 3.40. The first-order chi connectivity index (χ1) is 13.3. The molecule has 0 fully saturated rings. The number of nitrogens with one attached hydrogen (secondary N) is 2. The van der Waals surface area contributed by atoms with E-state index in [1.165, 1.54) is 0 Å². The Morgan fingerprint density at radius 3 is 1.00 bits per heavy atom. The van der Waals surface area contributed by atoms with Crippen LogP contribution in [0.5, 0.6) is 0 Å². The zero-order chi connectivity index (χ0) is 18.7. The van der Waals surface area contributed by atoms with Crippen molar-refractivity contribution >= 4 is 38.7 Å². The fourth-order valence-electron chi connectivity index (χ4n) is 2.43. The monoisotopic (exact) mass is 416 g/mol. The molecule has 3 heteroatoms. The summed E-state index contributed by atoms with van der Waals surface area (Å²) in [5.74, 6) is 0. The zero-order valence-corrected chi connectivity index (χ0v) is 16.4. The summed E-state index contributed by atoms with van der Waals surface area (Å²) in [6.07, 6.45) is 0. The Labute approximate surface area is 169 Å². The average molecular weight is 417 g/mol. The fraction of sp³-hybridized carbons (Fsp3) is 0. The highest BCUT2D eigenvalue weighted by molar-refractivity contribution is 9.10. The lowest BCUT2D eigenvalue weighted by Crippen LogP contribution is -1.88. The van der Waals surface area contributed by atoms with Crippen molar-refractivity contribution in [2.75, 3.05) is 10.6 Å². The van der Waals surface area contributed by atoms with Gasteiger partial charge in [-0.15, -0.1) is 0 Å². The van der Waals surface area contributed by atoms with Gasteiger partial charge in [-0.05, 0) is 60.7 Å². The van der Waals surface area contributed by atoms with Gasteiger partial charge in [-0.25, -0.2) is 0 Å². The van der Waals surface area contributed by atoms with E-state index < -0.39 is 0 Å². The molecular weight excluding hydrogens is 396 g/mol. The maximum atomic E-state index is 3.40. The van der Waals surface area contributed by atoms with Crippen LogP contribution in [0.4, 0.5) is 22.7 Å². The van der Waals surface area contributed by atoms with Gasteiger partial charge in [-0.3, -0.25) is 0 Å². The van der Waals surface area contributed by atoms with E-state index in [9.17, 15) is 0 Å². The molecule has 0 bridgehead atoms. The van der Waals surface area contributed by atoms with E-state index in [4.69, 9.17) is 0 Å². The molecule has 0 aliphatic carbocycles. The topological polar surface area (TPSA) is 24.1 Å². The van der Waals surface area contributed by atoms with Gasteiger partial charge in [0, 0.05) is 27.2 Å². The maximum Gasteiger partial charge on any atom is 0.0384 e. The molecule has 0 unspecified atom stereocenters. The lowest BCUT2D eigenvalue weighted by molar-refractivity contribution is 1.54. The minimum Gasteiger partial charge on any atom is -0.356 e. The van der Waals surface area contributed by atoms with Gasteiger partial charge in [-0.1, -0.05) is 70.5 Å². The molecule has 0 saturated carbocycles. The average Bonchev–Trinajstić information content (AvgIpc) is 2.73. The summed E-state index contributed by atoms with van der Waals surface area (Å²) in [7, 11) is 0.